The van der Waals surface area contributed by atoms with Gasteiger partial charge in [-0.3, -0.25) is 0 Å². The summed E-state index contributed by atoms with van der Waals surface area (Å²) in [6.07, 6.45) is 3.64. The Morgan fingerprint density at radius 3 is 2.45 bits per heavy atom. The normalized spacial score (nSPS) is 17.2. The topological polar surface area (TPSA) is 72.2 Å². The Hall–Kier alpha value is -0.560. The first-order chi connectivity index (χ1) is 9.62. The average molecular weight is 314 g/mol. The van der Waals surface area contributed by atoms with E-state index in [1.165, 1.54) is 0 Å². The smallest absolute Gasteiger partial charge is 0.240 e. The van der Waals surface area contributed by atoms with Crippen molar-refractivity contribution in [3.8, 4) is 0 Å². The highest BCUT2D eigenvalue weighted by Gasteiger charge is 2.21. The van der Waals surface area contributed by atoms with Crippen LogP contribution >= 0.6 is 11.8 Å². The molecule has 0 saturated carbocycles. The van der Waals surface area contributed by atoms with Gasteiger partial charge in [0.2, 0.25) is 10.0 Å². The van der Waals surface area contributed by atoms with Crippen molar-refractivity contribution in [1.82, 2.24) is 4.72 Å². The van der Waals surface area contributed by atoms with Crippen molar-refractivity contribution in [3.05, 3.63) is 29.8 Å². The molecular formula is C14H22N2O2S2. The summed E-state index contributed by atoms with van der Waals surface area (Å²) in [5, 5.41) is 0. The fourth-order valence-corrected chi connectivity index (χ4v) is 4.66. The Morgan fingerprint density at radius 1 is 1.20 bits per heavy atom. The van der Waals surface area contributed by atoms with Crippen molar-refractivity contribution < 1.29 is 8.42 Å². The molecule has 112 valence electrons. The van der Waals surface area contributed by atoms with Crippen LogP contribution in [0.5, 0.6) is 0 Å². The van der Waals surface area contributed by atoms with Crippen LogP contribution in [-0.4, -0.2) is 32.5 Å². The predicted octanol–water partition coefficient (Wildman–Crippen LogP) is 1.75. The number of aryl methyl sites for hydroxylation is 1. The van der Waals surface area contributed by atoms with Crippen LogP contribution in [0.15, 0.2) is 29.2 Å². The molecule has 0 unspecified atom stereocenters. The van der Waals surface area contributed by atoms with Crippen LogP contribution in [0.2, 0.25) is 0 Å². The fraction of sp³-hybridized carbons (Fsp3) is 0.571. The van der Waals surface area contributed by atoms with Gasteiger partial charge in [0, 0.05) is 6.04 Å². The van der Waals surface area contributed by atoms with E-state index in [9.17, 15) is 8.42 Å². The zero-order chi connectivity index (χ0) is 14.4. The van der Waals surface area contributed by atoms with Gasteiger partial charge in [0.05, 0.1) is 4.90 Å². The maximum atomic E-state index is 12.3. The molecule has 0 radical (unpaired) electrons. The molecule has 20 heavy (non-hydrogen) atoms. The maximum absolute atomic E-state index is 12.3. The zero-order valence-corrected chi connectivity index (χ0v) is 13.2. The fourth-order valence-electron chi connectivity index (χ4n) is 2.24. The number of nitrogens with one attached hydrogen (secondary N) is 1. The zero-order valence-electron chi connectivity index (χ0n) is 11.5. The molecule has 0 spiro atoms. The van der Waals surface area contributed by atoms with Gasteiger partial charge < -0.3 is 5.73 Å². The van der Waals surface area contributed by atoms with E-state index in [0.29, 0.717) is 11.4 Å². The molecular weight excluding hydrogens is 292 g/mol. The lowest BCUT2D eigenvalue weighted by atomic mass is 10.1. The van der Waals surface area contributed by atoms with Gasteiger partial charge in [-0.15, -0.1) is 0 Å². The minimum absolute atomic E-state index is 0.0816. The number of sulfonamides is 1. The van der Waals surface area contributed by atoms with Crippen molar-refractivity contribution >= 4 is 21.8 Å². The maximum Gasteiger partial charge on any atom is 0.240 e. The van der Waals surface area contributed by atoms with E-state index in [1.54, 1.807) is 12.1 Å². The Labute approximate surface area is 125 Å². The van der Waals surface area contributed by atoms with Gasteiger partial charge in [0.15, 0.2) is 0 Å². The molecule has 1 saturated heterocycles. The third-order valence-corrected chi connectivity index (χ3v) is 6.03. The van der Waals surface area contributed by atoms with E-state index >= 15 is 0 Å². The van der Waals surface area contributed by atoms with Crippen LogP contribution in [0.3, 0.4) is 0 Å². The van der Waals surface area contributed by atoms with Crippen LogP contribution in [0, 0.1) is 0 Å². The Kier molecular flexibility index (Phi) is 5.89. The molecule has 1 aliphatic heterocycles. The Balaban J connectivity index is 2.01. The van der Waals surface area contributed by atoms with Crippen molar-refractivity contribution in [2.24, 2.45) is 5.73 Å². The van der Waals surface area contributed by atoms with Crippen LogP contribution < -0.4 is 10.5 Å². The molecule has 0 amide bonds. The molecule has 0 aliphatic carbocycles. The van der Waals surface area contributed by atoms with Gasteiger partial charge >= 0.3 is 0 Å². The van der Waals surface area contributed by atoms with Gasteiger partial charge in [0.25, 0.3) is 0 Å². The number of nitrogens with two attached hydrogens (primary N) is 1. The molecule has 1 aromatic carbocycles. The lowest BCUT2D eigenvalue weighted by Gasteiger charge is -2.22. The highest BCUT2D eigenvalue weighted by Crippen LogP contribution is 2.19. The predicted molar refractivity (Wildman–Crippen MR) is 84.5 cm³/mol. The standard InChI is InChI=1S/C14H22N2O2S2/c15-9-1-2-12-3-5-14(6-4-12)20(17,18)16-13-7-10-19-11-8-13/h3-6,13,16H,1-2,7-11,15H2. The van der Waals surface area contributed by atoms with E-state index in [0.717, 1.165) is 42.8 Å². The van der Waals surface area contributed by atoms with Crippen molar-refractivity contribution in [3.63, 3.8) is 0 Å². The number of hydrogen-bond donors (Lipinski definition) is 2. The largest absolute Gasteiger partial charge is 0.330 e. The molecule has 3 N–H and O–H groups in total. The van der Waals surface area contributed by atoms with Gasteiger partial charge in [-0.1, -0.05) is 12.1 Å². The molecule has 1 heterocycles. The van der Waals surface area contributed by atoms with E-state index in [4.69, 9.17) is 5.73 Å². The molecule has 0 bridgehead atoms. The summed E-state index contributed by atoms with van der Waals surface area (Å²) >= 11 is 1.88. The monoisotopic (exact) mass is 314 g/mol. The average Bonchev–Trinajstić information content (AvgIpc) is 2.46. The second-order valence-corrected chi connectivity index (χ2v) is 7.98. The van der Waals surface area contributed by atoms with Crippen molar-refractivity contribution in [2.45, 2.75) is 36.6 Å². The lowest BCUT2D eigenvalue weighted by Crippen LogP contribution is -2.37. The van der Waals surface area contributed by atoms with Crippen molar-refractivity contribution in [2.75, 3.05) is 18.1 Å². The van der Waals surface area contributed by atoms with E-state index in [1.807, 2.05) is 23.9 Å². The highest BCUT2D eigenvalue weighted by atomic mass is 32.2. The van der Waals surface area contributed by atoms with Gasteiger partial charge in [-0.05, 0) is 61.4 Å². The summed E-state index contributed by atoms with van der Waals surface area (Å²) in [6.45, 7) is 0.654. The third-order valence-electron chi connectivity index (χ3n) is 3.45. The van der Waals surface area contributed by atoms with Crippen LogP contribution in [-0.2, 0) is 16.4 Å². The highest BCUT2D eigenvalue weighted by molar-refractivity contribution is 7.99. The molecule has 1 aromatic rings. The molecule has 4 nitrogen and oxygen atoms in total. The number of hydrogen-bond acceptors (Lipinski definition) is 4. The molecule has 1 fully saturated rings. The minimum Gasteiger partial charge on any atom is -0.330 e. The summed E-state index contributed by atoms with van der Waals surface area (Å²) in [6, 6.07) is 7.21. The van der Waals surface area contributed by atoms with E-state index < -0.39 is 10.0 Å². The summed E-state index contributed by atoms with van der Waals surface area (Å²) < 4.78 is 27.4. The minimum atomic E-state index is -3.38. The molecule has 0 aromatic heterocycles. The van der Waals surface area contributed by atoms with E-state index in [2.05, 4.69) is 4.72 Å². The Morgan fingerprint density at radius 2 is 1.85 bits per heavy atom. The van der Waals surface area contributed by atoms with Crippen LogP contribution in [0.1, 0.15) is 24.8 Å². The molecule has 1 aliphatic rings. The first kappa shape index (κ1) is 15.8. The molecule has 0 atom stereocenters. The number of thioether (sulfide) groups is 1. The first-order valence-electron chi connectivity index (χ1n) is 7.01. The van der Waals surface area contributed by atoms with Gasteiger partial charge in [0.1, 0.15) is 0 Å². The Bertz CT molecular complexity index is 508. The second-order valence-electron chi connectivity index (χ2n) is 5.04. The van der Waals surface area contributed by atoms with Gasteiger partial charge in [-0.2, -0.15) is 11.8 Å². The molecule has 6 heteroatoms. The van der Waals surface area contributed by atoms with Crippen LogP contribution in [0.25, 0.3) is 0 Å². The number of rotatable bonds is 6. The summed E-state index contributed by atoms with van der Waals surface area (Å²) in [7, 11) is -3.38. The van der Waals surface area contributed by atoms with Crippen molar-refractivity contribution in [1.29, 1.82) is 0 Å². The first-order valence-corrected chi connectivity index (χ1v) is 9.65. The quantitative estimate of drug-likeness (QED) is 0.839. The molecule has 2 rings (SSSR count). The summed E-state index contributed by atoms with van der Waals surface area (Å²) in [4.78, 5) is 0.354. The van der Waals surface area contributed by atoms with E-state index in [-0.39, 0.29) is 6.04 Å². The summed E-state index contributed by atoms with van der Waals surface area (Å²) in [5.41, 5.74) is 6.60. The number of benzene rings is 1. The summed E-state index contributed by atoms with van der Waals surface area (Å²) in [5.74, 6) is 2.07. The third kappa shape index (κ3) is 4.48. The lowest BCUT2D eigenvalue weighted by molar-refractivity contribution is 0.529. The van der Waals surface area contributed by atoms with Crippen LogP contribution in [0.4, 0.5) is 0 Å². The second kappa shape index (κ2) is 7.45. The van der Waals surface area contributed by atoms with Gasteiger partial charge in [-0.25, -0.2) is 13.1 Å². The SMILES string of the molecule is NCCCc1ccc(S(=O)(=O)NC2CCSCC2)cc1.